The Balaban J connectivity index is 0.00000114. The van der Waals surface area contributed by atoms with Crippen LogP contribution in [0.1, 0.15) is 22.8 Å². The number of aliphatic imine (C=N–C) groups is 1. The summed E-state index contributed by atoms with van der Waals surface area (Å²) in [7, 11) is -2.09. The van der Waals surface area contributed by atoms with E-state index in [1.54, 1.807) is 54.6 Å². The fraction of sp³-hybridized carbons (Fsp3) is 0.250. The van der Waals surface area contributed by atoms with Crippen LogP contribution >= 0.6 is 0 Å². The Kier molecular flexibility index (Phi) is 11.2. The van der Waals surface area contributed by atoms with E-state index in [2.05, 4.69) is 4.99 Å². The molecule has 1 heterocycles. The van der Waals surface area contributed by atoms with Crippen LogP contribution in [0.5, 0.6) is 17.2 Å². The molecule has 0 saturated carbocycles. The first-order valence-electron chi connectivity index (χ1n) is 12.6. The van der Waals surface area contributed by atoms with Crippen LogP contribution in [0.25, 0.3) is 0 Å². The topological polar surface area (TPSA) is 193 Å². The number of nitrogens with zero attached hydrogens (tertiary/aromatic N) is 2. The van der Waals surface area contributed by atoms with E-state index >= 15 is 0 Å². The number of carboxylic acid groups (broad SMARTS) is 1. The smallest absolute Gasteiger partial charge is 0.343 e. The molecule has 0 unspecified atom stereocenters. The molecule has 42 heavy (non-hydrogen) atoms. The molecule has 4 rings (SSSR count). The number of aliphatic carboxylic acids is 1. The van der Waals surface area contributed by atoms with E-state index in [1.807, 2.05) is 0 Å². The Labute approximate surface area is 243 Å². The summed E-state index contributed by atoms with van der Waals surface area (Å²) in [5.41, 5.74) is 12.2. The number of carbonyl (C=O) groups excluding carboxylic acids is 1. The first kappa shape index (κ1) is 31.9. The molecule has 0 aliphatic carbocycles. The lowest BCUT2D eigenvalue weighted by Crippen LogP contribution is -2.40. The largest absolute Gasteiger partial charge is 0.497 e. The minimum Gasteiger partial charge on any atom is -0.497 e. The highest BCUT2D eigenvalue weighted by Gasteiger charge is 2.26. The Morgan fingerprint density at radius 1 is 0.952 bits per heavy atom. The molecule has 1 fully saturated rings. The van der Waals surface area contributed by atoms with Crippen LogP contribution in [-0.2, 0) is 26.2 Å². The number of hydrogen-bond donors (Lipinski definition) is 3. The van der Waals surface area contributed by atoms with Crippen molar-refractivity contribution in [1.29, 1.82) is 0 Å². The third-order valence-electron chi connectivity index (χ3n) is 5.58. The van der Waals surface area contributed by atoms with Crippen LogP contribution in [0.15, 0.2) is 76.6 Å². The molecule has 0 aromatic heterocycles. The van der Waals surface area contributed by atoms with Crippen molar-refractivity contribution in [2.24, 2.45) is 16.5 Å². The molecule has 0 bridgehead atoms. The molecule has 13 nitrogen and oxygen atoms in total. The van der Waals surface area contributed by atoms with E-state index in [0.717, 1.165) is 6.92 Å². The molecule has 0 amide bonds. The number of morpholine rings is 1. The third kappa shape index (κ3) is 9.47. The average molecular weight is 601 g/mol. The minimum absolute atomic E-state index is 0.0829. The van der Waals surface area contributed by atoms with Gasteiger partial charge >= 0.3 is 5.97 Å². The van der Waals surface area contributed by atoms with Crippen molar-refractivity contribution in [2.75, 3.05) is 33.4 Å². The van der Waals surface area contributed by atoms with Gasteiger partial charge in [-0.2, -0.15) is 4.31 Å². The molecule has 224 valence electrons. The van der Waals surface area contributed by atoms with E-state index in [-0.39, 0.29) is 23.2 Å². The molecule has 1 saturated heterocycles. The van der Waals surface area contributed by atoms with E-state index in [1.165, 1.54) is 23.5 Å². The molecule has 3 aromatic rings. The van der Waals surface area contributed by atoms with Crippen molar-refractivity contribution in [1.82, 2.24) is 4.31 Å². The highest BCUT2D eigenvalue weighted by atomic mass is 32.2. The maximum atomic E-state index is 12.8. The van der Waals surface area contributed by atoms with Crippen LogP contribution in [0.4, 0.5) is 5.69 Å². The van der Waals surface area contributed by atoms with Gasteiger partial charge in [-0.1, -0.05) is 0 Å². The van der Waals surface area contributed by atoms with Crippen molar-refractivity contribution in [2.45, 2.75) is 18.4 Å². The Bertz CT molecular complexity index is 1500. The lowest BCUT2D eigenvalue weighted by molar-refractivity contribution is -0.134. The molecule has 14 heteroatoms. The van der Waals surface area contributed by atoms with Crippen molar-refractivity contribution >= 4 is 33.6 Å². The number of benzene rings is 3. The van der Waals surface area contributed by atoms with E-state index < -0.39 is 22.0 Å². The van der Waals surface area contributed by atoms with Gasteiger partial charge in [-0.25, -0.2) is 18.2 Å². The van der Waals surface area contributed by atoms with Crippen LogP contribution in [0.2, 0.25) is 0 Å². The summed E-state index contributed by atoms with van der Waals surface area (Å²) in [4.78, 5) is 25.7. The summed E-state index contributed by atoms with van der Waals surface area (Å²) in [6, 6.07) is 17.5. The van der Waals surface area contributed by atoms with E-state index in [9.17, 15) is 13.2 Å². The second kappa shape index (κ2) is 14.8. The average Bonchev–Trinajstić information content (AvgIpc) is 2.96. The lowest BCUT2D eigenvalue weighted by atomic mass is 10.2. The van der Waals surface area contributed by atoms with Gasteiger partial charge in [0.15, 0.2) is 5.96 Å². The van der Waals surface area contributed by atoms with Gasteiger partial charge < -0.3 is 35.5 Å². The normalized spacial score (nSPS) is 13.2. The van der Waals surface area contributed by atoms with Crippen LogP contribution in [0, 0.1) is 0 Å². The molecule has 0 radical (unpaired) electrons. The summed E-state index contributed by atoms with van der Waals surface area (Å²) in [6.07, 6.45) is 0. The maximum Gasteiger partial charge on any atom is 0.343 e. The SMILES string of the molecule is CC(=O)O.COc1cc(COc2ccc(S(=O)(=O)N3CCOCC3)cc2)cc(OC(=O)c2ccc(N=C(N)N)cc2)c1. The van der Waals surface area contributed by atoms with Crippen molar-refractivity contribution in [3.63, 3.8) is 0 Å². The van der Waals surface area contributed by atoms with E-state index in [4.69, 9.17) is 40.3 Å². The van der Waals surface area contributed by atoms with Gasteiger partial charge in [-0.3, -0.25) is 4.79 Å². The second-order valence-electron chi connectivity index (χ2n) is 8.79. The van der Waals surface area contributed by atoms with Gasteiger partial charge in [-0.05, 0) is 66.2 Å². The molecular formula is C28H32N4O9S. The quantitative estimate of drug-likeness (QED) is 0.141. The molecule has 1 aliphatic rings. The van der Waals surface area contributed by atoms with Crippen molar-refractivity contribution < 1.29 is 42.1 Å². The third-order valence-corrected chi connectivity index (χ3v) is 7.50. The Morgan fingerprint density at radius 2 is 1.55 bits per heavy atom. The van der Waals surface area contributed by atoms with Crippen LogP contribution < -0.4 is 25.7 Å². The highest BCUT2D eigenvalue weighted by molar-refractivity contribution is 7.89. The lowest BCUT2D eigenvalue weighted by Gasteiger charge is -2.26. The van der Waals surface area contributed by atoms with Crippen molar-refractivity contribution in [3.05, 3.63) is 77.9 Å². The zero-order valence-corrected chi connectivity index (χ0v) is 23.9. The predicted molar refractivity (Wildman–Crippen MR) is 154 cm³/mol. The number of methoxy groups -OCH3 is 1. The Hall–Kier alpha value is -4.66. The number of ether oxygens (including phenoxy) is 4. The van der Waals surface area contributed by atoms with Gasteiger partial charge in [0.05, 0.1) is 36.5 Å². The van der Waals surface area contributed by atoms with Crippen molar-refractivity contribution in [3.8, 4) is 17.2 Å². The van der Waals surface area contributed by atoms with Gasteiger partial charge in [-0.15, -0.1) is 0 Å². The van der Waals surface area contributed by atoms with Crippen LogP contribution in [0.3, 0.4) is 0 Å². The molecule has 0 spiro atoms. The number of carboxylic acids is 1. The first-order chi connectivity index (χ1) is 20.0. The highest BCUT2D eigenvalue weighted by Crippen LogP contribution is 2.26. The fourth-order valence-electron chi connectivity index (χ4n) is 3.69. The van der Waals surface area contributed by atoms with Crippen LogP contribution in [-0.4, -0.2) is 69.1 Å². The number of sulfonamides is 1. The standard InChI is InChI=1S/C26H28N4O7S.C2H4O2/c1-34-22-14-18(15-23(16-22)37-25(31)19-2-4-20(5-3-19)29-26(27)28)17-36-21-6-8-24(9-7-21)38(32,33)30-10-12-35-13-11-30;1-2(3)4/h2-9,14-16H,10-13,17H2,1H3,(H4,27,28,29);1H3,(H,3,4). The summed E-state index contributed by atoms with van der Waals surface area (Å²) < 4.78 is 48.9. The zero-order chi connectivity index (χ0) is 30.7. The Morgan fingerprint density at radius 3 is 2.12 bits per heavy atom. The zero-order valence-electron chi connectivity index (χ0n) is 23.1. The fourth-order valence-corrected chi connectivity index (χ4v) is 5.10. The molecule has 0 atom stereocenters. The number of hydrogen-bond acceptors (Lipinski definition) is 9. The van der Waals surface area contributed by atoms with E-state index in [0.29, 0.717) is 54.6 Å². The van der Waals surface area contributed by atoms with Gasteiger partial charge in [0.25, 0.3) is 5.97 Å². The molecule has 5 N–H and O–H groups in total. The number of rotatable bonds is 9. The maximum absolute atomic E-state index is 12.8. The number of guanidine groups is 1. The van der Waals surface area contributed by atoms with Gasteiger partial charge in [0.2, 0.25) is 10.0 Å². The second-order valence-corrected chi connectivity index (χ2v) is 10.7. The summed E-state index contributed by atoms with van der Waals surface area (Å²) in [5, 5.41) is 7.42. The van der Waals surface area contributed by atoms with Gasteiger partial charge in [0, 0.05) is 26.1 Å². The summed E-state index contributed by atoms with van der Waals surface area (Å²) in [6.45, 7) is 2.62. The summed E-state index contributed by atoms with van der Waals surface area (Å²) >= 11 is 0. The molecule has 1 aliphatic heterocycles. The first-order valence-corrected chi connectivity index (χ1v) is 14.0. The number of carbonyl (C=O) groups is 2. The molecule has 3 aromatic carbocycles. The van der Waals surface area contributed by atoms with Gasteiger partial charge in [0.1, 0.15) is 23.9 Å². The number of esters is 1. The predicted octanol–water partition coefficient (Wildman–Crippen LogP) is 2.51. The minimum atomic E-state index is -3.59. The summed E-state index contributed by atoms with van der Waals surface area (Å²) in [5.74, 6) is -0.260. The number of nitrogens with two attached hydrogens (primary N) is 2. The monoisotopic (exact) mass is 600 g/mol. The molecular weight excluding hydrogens is 568 g/mol.